The first-order valence-corrected chi connectivity index (χ1v) is 7.30. The van der Waals surface area contributed by atoms with E-state index in [1.807, 2.05) is 36.4 Å². The number of benzene rings is 1. The summed E-state index contributed by atoms with van der Waals surface area (Å²) in [7, 11) is 1.65. The number of ether oxygens (including phenoxy) is 2. The van der Waals surface area contributed by atoms with Gasteiger partial charge in [-0.25, -0.2) is 4.98 Å². The van der Waals surface area contributed by atoms with E-state index in [1.54, 1.807) is 25.3 Å². The van der Waals surface area contributed by atoms with Crippen LogP contribution in [0.15, 0.2) is 46.0 Å². The monoisotopic (exact) mass is 392 g/mol. The van der Waals surface area contributed by atoms with Crippen molar-refractivity contribution in [3.05, 3.63) is 57.3 Å². The molecule has 0 radical (unpaired) electrons. The van der Waals surface area contributed by atoms with E-state index in [0.29, 0.717) is 18.2 Å². The summed E-state index contributed by atoms with van der Waals surface area (Å²) in [6.45, 7) is 0.389. The average molecular weight is 392 g/mol. The van der Waals surface area contributed by atoms with E-state index in [1.165, 1.54) is 0 Å². The standard InChI is InChI=1S/C16H13IN2O2/c1-20-15-7-3-2-5-12(15)9-13(17)11-21-16-8-4-6-14(10-18)19-16/h2-9H,11H2,1H3/b13-9-. The maximum atomic E-state index is 8.80. The minimum Gasteiger partial charge on any atom is -0.496 e. The Morgan fingerprint density at radius 2 is 2.10 bits per heavy atom. The maximum Gasteiger partial charge on any atom is 0.214 e. The lowest BCUT2D eigenvalue weighted by Gasteiger charge is -2.07. The molecule has 21 heavy (non-hydrogen) atoms. The molecule has 2 rings (SSSR count). The molecular formula is C16H13IN2O2. The number of nitrogens with zero attached hydrogens (tertiary/aromatic N) is 2. The van der Waals surface area contributed by atoms with Gasteiger partial charge in [-0.05, 0) is 40.8 Å². The van der Waals surface area contributed by atoms with Crippen molar-refractivity contribution in [2.75, 3.05) is 13.7 Å². The van der Waals surface area contributed by atoms with Crippen molar-refractivity contribution in [3.63, 3.8) is 0 Å². The lowest BCUT2D eigenvalue weighted by molar-refractivity contribution is 0.347. The number of pyridine rings is 1. The van der Waals surface area contributed by atoms with Crippen molar-refractivity contribution in [2.45, 2.75) is 0 Å². The number of para-hydroxylation sites is 1. The molecule has 0 saturated carbocycles. The van der Waals surface area contributed by atoms with Crippen molar-refractivity contribution < 1.29 is 9.47 Å². The molecule has 1 aromatic heterocycles. The van der Waals surface area contributed by atoms with Gasteiger partial charge in [0.2, 0.25) is 5.88 Å². The zero-order valence-electron chi connectivity index (χ0n) is 11.4. The molecule has 0 amide bonds. The van der Waals surface area contributed by atoms with Crippen LogP contribution in [0.3, 0.4) is 0 Å². The fourth-order valence-electron chi connectivity index (χ4n) is 1.70. The van der Waals surface area contributed by atoms with Crippen LogP contribution in [0.4, 0.5) is 0 Å². The maximum absolute atomic E-state index is 8.80. The van der Waals surface area contributed by atoms with Crippen LogP contribution in [0.25, 0.3) is 6.08 Å². The molecule has 0 fully saturated rings. The predicted octanol–water partition coefficient (Wildman–Crippen LogP) is 3.82. The number of nitriles is 1. The lowest BCUT2D eigenvalue weighted by atomic mass is 10.2. The Balaban J connectivity index is 2.05. The van der Waals surface area contributed by atoms with Gasteiger partial charge >= 0.3 is 0 Å². The van der Waals surface area contributed by atoms with Gasteiger partial charge in [-0.2, -0.15) is 5.26 Å². The van der Waals surface area contributed by atoms with E-state index in [9.17, 15) is 0 Å². The molecule has 0 atom stereocenters. The van der Waals surface area contributed by atoms with E-state index < -0.39 is 0 Å². The number of hydrogen-bond donors (Lipinski definition) is 0. The fourth-order valence-corrected chi connectivity index (χ4v) is 2.19. The summed E-state index contributed by atoms with van der Waals surface area (Å²) in [6, 6.07) is 14.9. The van der Waals surface area contributed by atoms with Gasteiger partial charge in [-0.1, -0.05) is 24.3 Å². The van der Waals surface area contributed by atoms with Crippen LogP contribution < -0.4 is 9.47 Å². The molecule has 0 aliphatic carbocycles. The van der Waals surface area contributed by atoms with E-state index in [0.717, 1.165) is 14.9 Å². The molecule has 4 nitrogen and oxygen atoms in total. The molecule has 0 saturated heterocycles. The number of halogens is 1. The first kappa shape index (κ1) is 15.3. The predicted molar refractivity (Wildman–Crippen MR) is 89.4 cm³/mol. The second kappa shape index (κ2) is 7.64. The van der Waals surface area contributed by atoms with Gasteiger partial charge in [0.05, 0.1) is 7.11 Å². The largest absolute Gasteiger partial charge is 0.496 e. The summed E-state index contributed by atoms with van der Waals surface area (Å²) in [5.74, 6) is 1.26. The fraction of sp³-hybridized carbons (Fsp3) is 0.125. The Morgan fingerprint density at radius 3 is 2.86 bits per heavy atom. The quantitative estimate of drug-likeness (QED) is 0.727. The Morgan fingerprint density at radius 1 is 1.29 bits per heavy atom. The van der Waals surface area contributed by atoms with Gasteiger partial charge in [-0.3, -0.25) is 0 Å². The molecule has 0 aliphatic rings. The molecular weight excluding hydrogens is 379 g/mol. The normalized spacial score (nSPS) is 10.8. The zero-order chi connectivity index (χ0) is 15.1. The molecule has 0 unspecified atom stereocenters. The van der Waals surface area contributed by atoms with Crippen LogP contribution in [-0.4, -0.2) is 18.7 Å². The smallest absolute Gasteiger partial charge is 0.214 e. The molecule has 0 N–H and O–H groups in total. The third-order valence-corrected chi connectivity index (χ3v) is 3.27. The number of methoxy groups -OCH3 is 1. The molecule has 1 heterocycles. The average Bonchev–Trinajstić information content (AvgIpc) is 2.53. The van der Waals surface area contributed by atoms with Crippen molar-refractivity contribution in [1.29, 1.82) is 5.26 Å². The summed E-state index contributed by atoms with van der Waals surface area (Å²) in [6.07, 6.45) is 1.99. The third kappa shape index (κ3) is 4.46. The highest BCUT2D eigenvalue weighted by molar-refractivity contribution is 14.1. The highest BCUT2D eigenvalue weighted by Crippen LogP contribution is 2.23. The SMILES string of the molecule is COc1ccccc1/C=C(\I)COc1cccc(C#N)n1. The lowest BCUT2D eigenvalue weighted by Crippen LogP contribution is -1.99. The number of aromatic nitrogens is 1. The second-order valence-corrected chi connectivity index (χ2v) is 5.48. The summed E-state index contributed by atoms with van der Waals surface area (Å²) >= 11 is 2.21. The summed E-state index contributed by atoms with van der Waals surface area (Å²) < 4.78 is 11.9. The number of hydrogen-bond acceptors (Lipinski definition) is 4. The minimum atomic E-state index is 0.344. The molecule has 1 aromatic carbocycles. The van der Waals surface area contributed by atoms with E-state index in [4.69, 9.17) is 14.7 Å². The Labute approximate surface area is 137 Å². The molecule has 106 valence electrons. The topological polar surface area (TPSA) is 55.1 Å². The highest BCUT2D eigenvalue weighted by atomic mass is 127. The van der Waals surface area contributed by atoms with Crippen molar-refractivity contribution in [2.24, 2.45) is 0 Å². The van der Waals surface area contributed by atoms with Crippen molar-refractivity contribution in [1.82, 2.24) is 4.98 Å². The van der Waals surface area contributed by atoms with Crippen LogP contribution in [0.2, 0.25) is 0 Å². The number of rotatable bonds is 5. The van der Waals surface area contributed by atoms with Crippen LogP contribution in [0.5, 0.6) is 11.6 Å². The van der Waals surface area contributed by atoms with Crippen molar-refractivity contribution >= 4 is 28.7 Å². The summed E-state index contributed by atoms with van der Waals surface area (Å²) in [4.78, 5) is 4.07. The van der Waals surface area contributed by atoms with E-state index >= 15 is 0 Å². The van der Waals surface area contributed by atoms with Gasteiger partial charge in [0, 0.05) is 15.2 Å². The molecule has 0 spiro atoms. The molecule has 5 heteroatoms. The first-order valence-electron chi connectivity index (χ1n) is 6.22. The zero-order valence-corrected chi connectivity index (χ0v) is 13.6. The van der Waals surface area contributed by atoms with Crippen LogP contribution in [-0.2, 0) is 0 Å². The van der Waals surface area contributed by atoms with Gasteiger partial charge in [0.15, 0.2) is 0 Å². The Bertz CT molecular complexity index is 693. The van der Waals surface area contributed by atoms with Gasteiger partial charge in [-0.15, -0.1) is 0 Å². The molecule has 2 aromatic rings. The van der Waals surface area contributed by atoms with E-state index in [-0.39, 0.29) is 0 Å². The summed E-state index contributed by atoms with van der Waals surface area (Å²) in [5, 5.41) is 8.80. The third-order valence-electron chi connectivity index (χ3n) is 2.65. The summed E-state index contributed by atoms with van der Waals surface area (Å²) in [5.41, 5.74) is 1.34. The molecule has 0 bridgehead atoms. The van der Waals surface area contributed by atoms with Crippen molar-refractivity contribution in [3.8, 4) is 17.7 Å². The van der Waals surface area contributed by atoms with Gasteiger partial charge in [0.25, 0.3) is 0 Å². The van der Waals surface area contributed by atoms with Crippen LogP contribution in [0.1, 0.15) is 11.3 Å². The minimum absolute atomic E-state index is 0.344. The molecule has 0 aliphatic heterocycles. The van der Waals surface area contributed by atoms with Crippen LogP contribution in [0, 0.1) is 11.3 Å². The first-order chi connectivity index (χ1) is 10.2. The second-order valence-electron chi connectivity index (χ2n) is 4.09. The van der Waals surface area contributed by atoms with Gasteiger partial charge < -0.3 is 9.47 Å². The van der Waals surface area contributed by atoms with Crippen LogP contribution >= 0.6 is 22.6 Å². The Hall–Kier alpha value is -2.07. The Kier molecular flexibility index (Phi) is 5.58. The highest BCUT2D eigenvalue weighted by Gasteiger charge is 2.02. The van der Waals surface area contributed by atoms with E-state index in [2.05, 4.69) is 27.6 Å². The van der Waals surface area contributed by atoms with Gasteiger partial charge in [0.1, 0.15) is 24.1 Å².